The predicted molar refractivity (Wildman–Crippen MR) is 50.6 cm³/mol. The number of aromatic nitrogens is 2. The summed E-state index contributed by atoms with van der Waals surface area (Å²) in [5, 5.41) is 0.473. The summed E-state index contributed by atoms with van der Waals surface area (Å²) in [7, 11) is 0. The predicted octanol–water partition coefficient (Wildman–Crippen LogP) is 1.98. The lowest BCUT2D eigenvalue weighted by Crippen LogP contribution is -2.23. The summed E-state index contributed by atoms with van der Waals surface area (Å²) in [5.41, 5.74) is 0. The molecule has 0 aliphatic carbocycles. The van der Waals surface area contributed by atoms with Gasteiger partial charge in [0.25, 0.3) is 0 Å². The van der Waals surface area contributed by atoms with Crippen LogP contribution in [0, 0.1) is 0 Å². The van der Waals surface area contributed by atoms with E-state index in [1.165, 1.54) is 0 Å². The van der Waals surface area contributed by atoms with Gasteiger partial charge in [-0.05, 0) is 13.8 Å². The summed E-state index contributed by atoms with van der Waals surface area (Å²) < 4.78 is 0. The molecule has 0 aliphatic rings. The minimum Gasteiger partial charge on any atom is -0.355 e. The fourth-order valence-electron chi connectivity index (χ4n) is 1.05. The number of rotatable bonds is 3. The van der Waals surface area contributed by atoms with E-state index in [1.54, 1.807) is 12.4 Å². The van der Waals surface area contributed by atoms with Gasteiger partial charge in [0.05, 0.1) is 0 Å². The highest BCUT2D eigenvalue weighted by molar-refractivity contribution is 6.31. The maximum atomic E-state index is 5.86. The van der Waals surface area contributed by atoms with E-state index in [0.29, 0.717) is 5.15 Å². The smallest absolute Gasteiger partial charge is 0.171 e. The van der Waals surface area contributed by atoms with Gasteiger partial charge < -0.3 is 4.90 Å². The average Bonchev–Trinajstić information content (AvgIpc) is 2.10. The summed E-state index contributed by atoms with van der Waals surface area (Å²) in [5.74, 6) is 0.768. The Morgan fingerprint density at radius 3 is 2.33 bits per heavy atom. The first-order chi connectivity index (χ1) is 5.79. The van der Waals surface area contributed by atoms with Crippen LogP contribution in [0.2, 0.25) is 5.15 Å². The molecule has 1 aromatic heterocycles. The van der Waals surface area contributed by atoms with Crippen molar-refractivity contribution in [2.24, 2.45) is 0 Å². The number of hydrogen-bond donors (Lipinski definition) is 0. The van der Waals surface area contributed by atoms with E-state index >= 15 is 0 Å². The van der Waals surface area contributed by atoms with Crippen molar-refractivity contribution in [2.75, 3.05) is 18.0 Å². The van der Waals surface area contributed by atoms with Crippen molar-refractivity contribution < 1.29 is 0 Å². The molecule has 1 rings (SSSR count). The van der Waals surface area contributed by atoms with Gasteiger partial charge >= 0.3 is 0 Å². The second kappa shape index (κ2) is 4.26. The highest BCUT2D eigenvalue weighted by atomic mass is 35.5. The summed E-state index contributed by atoms with van der Waals surface area (Å²) in [6.07, 6.45) is 3.24. The molecule has 0 aliphatic heterocycles. The average molecular weight is 186 g/mol. The minimum atomic E-state index is 0.473. The number of nitrogens with zero attached hydrogens (tertiary/aromatic N) is 3. The van der Waals surface area contributed by atoms with Crippen molar-refractivity contribution in [1.29, 1.82) is 0 Å². The van der Waals surface area contributed by atoms with E-state index in [4.69, 9.17) is 11.6 Å². The van der Waals surface area contributed by atoms with Crippen molar-refractivity contribution in [3.05, 3.63) is 17.5 Å². The van der Waals surface area contributed by atoms with Gasteiger partial charge in [-0.2, -0.15) is 0 Å². The Bertz CT molecular complexity index is 248. The molecule has 0 bridgehead atoms. The molecule has 0 N–H and O–H groups in total. The maximum absolute atomic E-state index is 5.86. The van der Waals surface area contributed by atoms with Crippen molar-refractivity contribution in [3.8, 4) is 0 Å². The minimum absolute atomic E-state index is 0.473. The normalized spacial score (nSPS) is 9.92. The standard InChI is InChI=1S/C8H12ClN3/c1-3-12(4-2)8-7(9)10-5-6-11-8/h5-6H,3-4H2,1-2H3. The van der Waals surface area contributed by atoms with Crippen LogP contribution in [0.1, 0.15) is 13.8 Å². The third-order valence-electron chi connectivity index (χ3n) is 1.70. The van der Waals surface area contributed by atoms with Gasteiger partial charge in [-0.25, -0.2) is 9.97 Å². The molecule has 0 aromatic carbocycles. The Hall–Kier alpha value is -0.830. The molecular weight excluding hydrogens is 174 g/mol. The van der Waals surface area contributed by atoms with Crippen LogP contribution < -0.4 is 4.90 Å². The maximum Gasteiger partial charge on any atom is 0.171 e. The van der Waals surface area contributed by atoms with Gasteiger partial charge in [-0.15, -0.1) is 0 Å². The van der Waals surface area contributed by atoms with Crippen LogP contribution in [-0.4, -0.2) is 23.1 Å². The van der Waals surface area contributed by atoms with Crippen molar-refractivity contribution in [2.45, 2.75) is 13.8 Å². The van der Waals surface area contributed by atoms with Crippen LogP contribution in [0.15, 0.2) is 12.4 Å². The third-order valence-corrected chi connectivity index (χ3v) is 1.97. The van der Waals surface area contributed by atoms with E-state index in [-0.39, 0.29) is 0 Å². The van der Waals surface area contributed by atoms with Gasteiger partial charge in [-0.3, -0.25) is 0 Å². The van der Waals surface area contributed by atoms with Crippen LogP contribution in [0.5, 0.6) is 0 Å². The second-order valence-electron chi connectivity index (χ2n) is 2.34. The molecule has 66 valence electrons. The Morgan fingerprint density at radius 1 is 1.25 bits per heavy atom. The molecule has 4 heteroatoms. The topological polar surface area (TPSA) is 29.0 Å². The Kier molecular flexibility index (Phi) is 3.29. The lowest BCUT2D eigenvalue weighted by atomic mass is 10.5. The first-order valence-corrected chi connectivity index (χ1v) is 4.38. The van der Waals surface area contributed by atoms with E-state index in [2.05, 4.69) is 28.7 Å². The first-order valence-electron chi connectivity index (χ1n) is 4.01. The first kappa shape index (κ1) is 9.26. The molecule has 0 spiro atoms. The van der Waals surface area contributed by atoms with Crippen LogP contribution in [0.4, 0.5) is 5.82 Å². The van der Waals surface area contributed by atoms with E-state index in [0.717, 1.165) is 18.9 Å². The van der Waals surface area contributed by atoms with Crippen LogP contribution >= 0.6 is 11.6 Å². The van der Waals surface area contributed by atoms with Crippen LogP contribution in [-0.2, 0) is 0 Å². The monoisotopic (exact) mass is 185 g/mol. The SMILES string of the molecule is CCN(CC)c1nccnc1Cl. The molecule has 0 saturated heterocycles. The molecule has 3 nitrogen and oxygen atoms in total. The molecule has 0 saturated carbocycles. The van der Waals surface area contributed by atoms with Gasteiger partial charge in [-0.1, -0.05) is 11.6 Å². The molecule has 0 atom stereocenters. The molecule has 0 fully saturated rings. The van der Waals surface area contributed by atoms with E-state index in [1.807, 2.05) is 0 Å². The Morgan fingerprint density at radius 2 is 1.83 bits per heavy atom. The summed E-state index contributed by atoms with van der Waals surface area (Å²) in [6, 6.07) is 0. The zero-order chi connectivity index (χ0) is 8.97. The summed E-state index contributed by atoms with van der Waals surface area (Å²) in [6.45, 7) is 5.92. The number of hydrogen-bond acceptors (Lipinski definition) is 3. The van der Waals surface area contributed by atoms with Crippen molar-refractivity contribution in [1.82, 2.24) is 9.97 Å². The van der Waals surface area contributed by atoms with Crippen LogP contribution in [0.25, 0.3) is 0 Å². The van der Waals surface area contributed by atoms with Crippen LogP contribution in [0.3, 0.4) is 0 Å². The van der Waals surface area contributed by atoms with Gasteiger partial charge in [0.2, 0.25) is 0 Å². The number of anilines is 1. The molecule has 1 heterocycles. The largest absolute Gasteiger partial charge is 0.355 e. The quantitative estimate of drug-likeness (QED) is 0.721. The van der Waals surface area contributed by atoms with Gasteiger partial charge in [0.15, 0.2) is 11.0 Å². The molecular formula is C8H12ClN3. The van der Waals surface area contributed by atoms with Crippen molar-refractivity contribution in [3.63, 3.8) is 0 Å². The molecule has 1 aromatic rings. The van der Waals surface area contributed by atoms with E-state index < -0.39 is 0 Å². The highest BCUT2D eigenvalue weighted by Crippen LogP contribution is 2.18. The zero-order valence-electron chi connectivity index (χ0n) is 7.29. The number of halogens is 1. The fraction of sp³-hybridized carbons (Fsp3) is 0.500. The van der Waals surface area contributed by atoms with Gasteiger partial charge in [0.1, 0.15) is 0 Å². The molecule has 12 heavy (non-hydrogen) atoms. The van der Waals surface area contributed by atoms with Crippen molar-refractivity contribution >= 4 is 17.4 Å². The highest BCUT2D eigenvalue weighted by Gasteiger charge is 2.07. The summed E-state index contributed by atoms with van der Waals surface area (Å²) in [4.78, 5) is 10.2. The third kappa shape index (κ3) is 1.85. The molecule has 0 unspecified atom stereocenters. The lowest BCUT2D eigenvalue weighted by Gasteiger charge is -2.19. The summed E-state index contributed by atoms with van der Waals surface area (Å²) >= 11 is 5.86. The van der Waals surface area contributed by atoms with Gasteiger partial charge in [0, 0.05) is 25.5 Å². The molecule has 0 radical (unpaired) electrons. The Labute approximate surface area is 77.4 Å². The Balaban J connectivity index is 2.92. The molecule has 0 amide bonds. The van der Waals surface area contributed by atoms with E-state index in [9.17, 15) is 0 Å². The second-order valence-corrected chi connectivity index (χ2v) is 2.70. The zero-order valence-corrected chi connectivity index (χ0v) is 8.04. The lowest BCUT2D eigenvalue weighted by molar-refractivity contribution is 0.840. The fourth-order valence-corrected chi connectivity index (χ4v) is 1.27.